The van der Waals surface area contributed by atoms with Gasteiger partial charge in [0.1, 0.15) is 0 Å². The van der Waals surface area contributed by atoms with Gasteiger partial charge in [0.25, 0.3) is 5.91 Å². The number of ether oxygens (including phenoxy) is 2. The molecule has 7 nitrogen and oxygen atoms in total. The van der Waals surface area contributed by atoms with Gasteiger partial charge in [-0.1, -0.05) is 24.6 Å². The average Bonchev–Trinajstić information content (AvgIpc) is 2.64. The van der Waals surface area contributed by atoms with Gasteiger partial charge >= 0.3 is 0 Å². The Labute approximate surface area is 182 Å². The first-order chi connectivity index (χ1) is 14.0. The molecule has 0 aromatic heterocycles. The molecule has 2 N–H and O–H groups in total. The number of nitrogens with one attached hydrogen (secondary N) is 2. The quantitative estimate of drug-likeness (QED) is 0.613. The minimum Gasteiger partial charge on any atom is -0.493 e. The highest BCUT2D eigenvalue weighted by atomic mass is 35.5. The molecule has 9 heteroatoms. The van der Waals surface area contributed by atoms with Crippen LogP contribution in [0.15, 0.2) is 41.3 Å². The highest BCUT2D eigenvalue weighted by Gasteiger charge is 2.22. The van der Waals surface area contributed by atoms with Gasteiger partial charge in [-0.15, -0.1) is 0 Å². The molecule has 164 valence electrons. The van der Waals surface area contributed by atoms with Crippen LogP contribution in [0, 0.1) is 0 Å². The van der Waals surface area contributed by atoms with Crippen LogP contribution in [0.1, 0.15) is 44.5 Å². The van der Waals surface area contributed by atoms with Crippen LogP contribution in [0.3, 0.4) is 0 Å². The zero-order valence-corrected chi connectivity index (χ0v) is 19.3. The molecule has 0 fully saturated rings. The van der Waals surface area contributed by atoms with Crippen molar-refractivity contribution in [3.05, 3.63) is 47.0 Å². The van der Waals surface area contributed by atoms with Gasteiger partial charge in [-0.05, 0) is 57.5 Å². The van der Waals surface area contributed by atoms with E-state index >= 15 is 0 Å². The molecule has 2 aromatic rings. The predicted octanol–water partition coefficient (Wildman–Crippen LogP) is 4.47. The van der Waals surface area contributed by atoms with Crippen molar-refractivity contribution >= 4 is 33.2 Å². The summed E-state index contributed by atoms with van der Waals surface area (Å²) in [6.45, 7) is 7.68. The molecule has 0 bridgehead atoms. The summed E-state index contributed by atoms with van der Waals surface area (Å²) in [4.78, 5) is 12.8. The summed E-state index contributed by atoms with van der Waals surface area (Å²) in [6, 6.07) is 9.01. The third-order valence-corrected chi connectivity index (χ3v) is 5.82. The van der Waals surface area contributed by atoms with Crippen molar-refractivity contribution in [3.63, 3.8) is 0 Å². The number of carbonyl (C=O) groups excluding carboxylic acids is 1. The fourth-order valence-electron chi connectivity index (χ4n) is 2.60. The Balaban J connectivity index is 2.27. The van der Waals surface area contributed by atoms with E-state index in [4.69, 9.17) is 21.1 Å². The van der Waals surface area contributed by atoms with E-state index in [0.29, 0.717) is 23.8 Å². The van der Waals surface area contributed by atoms with Crippen LogP contribution in [0.2, 0.25) is 5.02 Å². The van der Waals surface area contributed by atoms with Crippen molar-refractivity contribution in [1.29, 1.82) is 0 Å². The van der Waals surface area contributed by atoms with E-state index in [1.807, 2.05) is 6.92 Å². The van der Waals surface area contributed by atoms with E-state index in [2.05, 4.69) is 10.0 Å². The number of amides is 1. The Hall–Kier alpha value is -2.29. The molecule has 0 saturated carbocycles. The monoisotopic (exact) mass is 454 g/mol. The fourth-order valence-corrected chi connectivity index (χ4v) is 4.33. The number of anilines is 1. The normalized spacial score (nSPS) is 11.8. The van der Waals surface area contributed by atoms with Crippen LogP contribution in [0.5, 0.6) is 11.5 Å². The Bertz CT molecular complexity index is 1020. The van der Waals surface area contributed by atoms with E-state index in [9.17, 15) is 13.2 Å². The van der Waals surface area contributed by atoms with Gasteiger partial charge < -0.3 is 14.8 Å². The number of hydrogen-bond donors (Lipinski definition) is 2. The first-order valence-electron chi connectivity index (χ1n) is 9.42. The third kappa shape index (κ3) is 6.35. The SMILES string of the molecule is CCCOc1c(Cl)cc(C(=O)Nc2cccc(S(=O)(=O)NC(C)(C)C)c2)cc1OC. The number of carbonyl (C=O) groups is 1. The molecule has 30 heavy (non-hydrogen) atoms. The topological polar surface area (TPSA) is 93.7 Å². The zero-order valence-electron chi connectivity index (χ0n) is 17.7. The molecule has 0 spiro atoms. The maximum absolute atomic E-state index is 12.7. The number of benzene rings is 2. The summed E-state index contributed by atoms with van der Waals surface area (Å²) in [7, 11) is -2.27. The Morgan fingerprint density at radius 3 is 2.47 bits per heavy atom. The van der Waals surface area contributed by atoms with Crippen LogP contribution in [-0.4, -0.2) is 33.6 Å². The van der Waals surface area contributed by atoms with Gasteiger partial charge in [0.05, 0.1) is 23.6 Å². The molecule has 0 atom stereocenters. The van der Waals surface area contributed by atoms with Crippen LogP contribution in [0.4, 0.5) is 5.69 Å². The summed E-state index contributed by atoms with van der Waals surface area (Å²) in [5.41, 5.74) is -0.0487. The second-order valence-electron chi connectivity index (χ2n) is 7.68. The van der Waals surface area contributed by atoms with Gasteiger partial charge in [0.2, 0.25) is 10.0 Å². The van der Waals surface area contributed by atoms with Crippen LogP contribution >= 0.6 is 11.6 Å². The lowest BCUT2D eigenvalue weighted by molar-refractivity contribution is 0.102. The van der Waals surface area contributed by atoms with Gasteiger partial charge in [-0.25, -0.2) is 13.1 Å². The first kappa shape index (κ1) is 24.0. The molecule has 0 heterocycles. The number of halogens is 1. The molecular weight excluding hydrogens is 428 g/mol. The molecule has 1 amide bonds. The lowest BCUT2D eigenvalue weighted by Crippen LogP contribution is -2.40. The van der Waals surface area contributed by atoms with Crippen molar-refractivity contribution < 1.29 is 22.7 Å². The average molecular weight is 455 g/mol. The summed E-state index contributed by atoms with van der Waals surface area (Å²) < 4.78 is 38.5. The Morgan fingerprint density at radius 1 is 1.17 bits per heavy atom. The Morgan fingerprint density at radius 2 is 1.87 bits per heavy atom. The number of hydrogen-bond acceptors (Lipinski definition) is 5. The zero-order chi connectivity index (χ0) is 22.5. The smallest absolute Gasteiger partial charge is 0.255 e. The first-order valence-corrected chi connectivity index (χ1v) is 11.3. The van der Waals surface area contributed by atoms with Crippen molar-refractivity contribution in [2.75, 3.05) is 19.0 Å². The van der Waals surface area contributed by atoms with Crippen LogP contribution < -0.4 is 19.5 Å². The predicted molar refractivity (Wildman–Crippen MR) is 118 cm³/mol. The molecule has 0 unspecified atom stereocenters. The van der Waals surface area contributed by atoms with Gasteiger partial charge in [0.15, 0.2) is 11.5 Å². The molecule has 0 aliphatic carbocycles. The number of methoxy groups -OCH3 is 1. The summed E-state index contributed by atoms with van der Waals surface area (Å²) in [5, 5.41) is 2.94. The van der Waals surface area contributed by atoms with E-state index in [0.717, 1.165) is 6.42 Å². The molecule has 2 rings (SSSR count). The molecule has 2 aromatic carbocycles. The lowest BCUT2D eigenvalue weighted by Gasteiger charge is -2.20. The second-order valence-corrected chi connectivity index (χ2v) is 9.76. The summed E-state index contributed by atoms with van der Waals surface area (Å²) >= 11 is 6.27. The van der Waals surface area contributed by atoms with E-state index in [1.165, 1.54) is 31.4 Å². The molecule has 0 aliphatic heterocycles. The van der Waals surface area contributed by atoms with E-state index in [-0.39, 0.29) is 15.5 Å². The van der Waals surface area contributed by atoms with Crippen molar-refractivity contribution in [2.45, 2.75) is 44.6 Å². The van der Waals surface area contributed by atoms with Crippen molar-refractivity contribution in [2.24, 2.45) is 0 Å². The Kier molecular flexibility index (Phi) is 7.74. The van der Waals surface area contributed by atoms with Gasteiger partial charge in [0, 0.05) is 16.8 Å². The minimum atomic E-state index is -3.73. The van der Waals surface area contributed by atoms with Gasteiger partial charge in [-0.3, -0.25) is 4.79 Å². The largest absolute Gasteiger partial charge is 0.493 e. The number of rotatable bonds is 8. The summed E-state index contributed by atoms with van der Waals surface area (Å²) in [6.07, 6.45) is 0.797. The summed E-state index contributed by atoms with van der Waals surface area (Å²) in [5.74, 6) is 0.251. The maximum Gasteiger partial charge on any atom is 0.255 e. The molecular formula is C21H27ClN2O5S. The van der Waals surface area contributed by atoms with Crippen LogP contribution in [-0.2, 0) is 10.0 Å². The lowest BCUT2D eigenvalue weighted by atomic mass is 10.1. The van der Waals surface area contributed by atoms with E-state index < -0.39 is 21.5 Å². The van der Waals surface area contributed by atoms with Crippen molar-refractivity contribution in [3.8, 4) is 11.5 Å². The van der Waals surface area contributed by atoms with Crippen LogP contribution in [0.25, 0.3) is 0 Å². The molecule has 0 radical (unpaired) electrons. The highest BCUT2D eigenvalue weighted by Crippen LogP contribution is 2.36. The molecule has 0 saturated heterocycles. The van der Waals surface area contributed by atoms with Gasteiger partial charge in [-0.2, -0.15) is 0 Å². The third-order valence-electron chi connectivity index (χ3n) is 3.78. The standard InChI is InChI=1S/C21H27ClN2O5S/c1-6-10-29-19-17(22)11-14(12-18(19)28-5)20(25)23-15-8-7-9-16(13-15)30(26,27)24-21(2,3)4/h7-9,11-13,24H,6,10H2,1-5H3,(H,23,25). The van der Waals surface area contributed by atoms with E-state index in [1.54, 1.807) is 32.9 Å². The second kappa shape index (κ2) is 9.68. The number of sulfonamides is 1. The fraction of sp³-hybridized carbons (Fsp3) is 0.381. The maximum atomic E-state index is 12.7. The highest BCUT2D eigenvalue weighted by molar-refractivity contribution is 7.89. The minimum absolute atomic E-state index is 0.0501. The molecule has 0 aliphatic rings. The van der Waals surface area contributed by atoms with Crippen molar-refractivity contribution in [1.82, 2.24) is 4.72 Å².